The molecule has 26 heavy (non-hydrogen) atoms. The van der Waals surface area contributed by atoms with Gasteiger partial charge in [0, 0.05) is 50.3 Å². The molecule has 0 radical (unpaired) electrons. The number of hydrogen-bond acceptors (Lipinski definition) is 3. The number of nitrogens with one attached hydrogen (secondary N) is 1. The van der Waals surface area contributed by atoms with Crippen molar-refractivity contribution in [1.82, 2.24) is 15.1 Å². The minimum Gasteiger partial charge on any atom is -0.378 e. The third-order valence-electron chi connectivity index (χ3n) is 5.41. The SMILES string of the molecule is CN1CCC(OCCCNC(=O)N2CC[C@@H](c3cccc(Cl)c3)C2)CC1. The minimum atomic E-state index is 0.0359. The molecule has 2 fully saturated rings. The molecule has 2 saturated heterocycles. The summed E-state index contributed by atoms with van der Waals surface area (Å²) in [5, 5.41) is 3.78. The van der Waals surface area contributed by atoms with Crippen molar-refractivity contribution >= 4 is 17.6 Å². The third kappa shape index (κ3) is 5.60. The zero-order valence-electron chi connectivity index (χ0n) is 15.6. The molecule has 6 heteroatoms. The molecule has 2 aliphatic rings. The molecule has 1 aromatic rings. The summed E-state index contributed by atoms with van der Waals surface area (Å²) in [6, 6.07) is 8.00. The predicted octanol–water partition coefficient (Wildman–Crippen LogP) is 3.34. The molecule has 2 aliphatic heterocycles. The van der Waals surface area contributed by atoms with Crippen LogP contribution in [0, 0.1) is 0 Å². The molecule has 2 heterocycles. The van der Waals surface area contributed by atoms with Crippen molar-refractivity contribution in [3.8, 4) is 0 Å². The van der Waals surface area contributed by atoms with Gasteiger partial charge in [0.15, 0.2) is 0 Å². The number of benzene rings is 1. The molecular weight excluding hydrogens is 350 g/mol. The van der Waals surface area contributed by atoms with Crippen molar-refractivity contribution in [3.05, 3.63) is 34.9 Å². The van der Waals surface area contributed by atoms with E-state index in [2.05, 4.69) is 23.3 Å². The highest BCUT2D eigenvalue weighted by Gasteiger charge is 2.27. The molecule has 5 nitrogen and oxygen atoms in total. The second-order valence-electron chi connectivity index (χ2n) is 7.45. The van der Waals surface area contributed by atoms with E-state index in [1.807, 2.05) is 23.1 Å². The number of piperidine rings is 1. The zero-order valence-corrected chi connectivity index (χ0v) is 16.4. The molecule has 144 valence electrons. The molecule has 2 amide bonds. The maximum absolute atomic E-state index is 12.3. The number of rotatable bonds is 6. The number of likely N-dealkylation sites (tertiary alicyclic amines) is 2. The van der Waals surface area contributed by atoms with Crippen LogP contribution in [-0.2, 0) is 4.74 Å². The van der Waals surface area contributed by atoms with Crippen LogP contribution in [-0.4, -0.2) is 68.3 Å². The lowest BCUT2D eigenvalue weighted by Crippen LogP contribution is -2.39. The van der Waals surface area contributed by atoms with Gasteiger partial charge in [0.05, 0.1) is 6.10 Å². The highest BCUT2D eigenvalue weighted by Crippen LogP contribution is 2.28. The van der Waals surface area contributed by atoms with Gasteiger partial charge >= 0.3 is 6.03 Å². The number of hydrogen-bond donors (Lipinski definition) is 1. The average molecular weight is 380 g/mol. The lowest BCUT2D eigenvalue weighted by molar-refractivity contribution is 0.0118. The maximum atomic E-state index is 12.3. The molecule has 1 atom stereocenters. The summed E-state index contributed by atoms with van der Waals surface area (Å²) in [5.41, 5.74) is 1.22. The molecule has 0 bridgehead atoms. The lowest BCUT2D eigenvalue weighted by atomic mass is 9.99. The average Bonchev–Trinajstić information content (AvgIpc) is 3.13. The Balaban J connectivity index is 1.30. The number of halogens is 1. The van der Waals surface area contributed by atoms with Crippen molar-refractivity contribution in [1.29, 1.82) is 0 Å². The Morgan fingerprint density at radius 2 is 2.08 bits per heavy atom. The number of ether oxygens (including phenoxy) is 1. The highest BCUT2D eigenvalue weighted by molar-refractivity contribution is 6.30. The number of nitrogens with zero attached hydrogens (tertiary/aromatic N) is 2. The van der Waals surface area contributed by atoms with Crippen molar-refractivity contribution < 1.29 is 9.53 Å². The highest BCUT2D eigenvalue weighted by atomic mass is 35.5. The molecule has 1 aromatic carbocycles. The van der Waals surface area contributed by atoms with Crippen molar-refractivity contribution in [2.24, 2.45) is 0 Å². The summed E-state index contributed by atoms with van der Waals surface area (Å²) in [5.74, 6) is 0.382. The fourth-order valence-corrected chi connectivity index (χ4v) is 3.96. The smallest absolute Gasteiger partial charge is 0.317 e. The lowest BCUT2D eigenvalue weighted by Gasteiger charge is -2.28. The Morgan fingerprint density at radius 1 is 1.27 bits per heavy atom. The molecule has 0 aromatic heterocycles. The Labute approximate surface area is 161 Å². The summed E-state index contributed by atoms with van der Waals surface area (Å²) in [6.45, 7) is 5.19. The van der Waals surface area contributed by atoms with Gasteiger partial charge in [-0.15, -0.1) is 0 Å². The second kappa shape index (κ2) is 9.58. The first-order valence-electron chi connectivity index (χ1n) is 9.70. The van der Waals surface area contributed by atoms with Crippen molar-refractivity contribution in [3.63, 3.8) is 0 Å². The Bertz CT molecular complexity index is 590. The van der Waals surface area contributed by atoms with Crippen LogP contribution in [0.5, 0.6) is 0 Å². The van der Waals surface area contributed by atoms with Crippen LogP contribution in [0.25, 0.3) is 0 Å². The summed E-state index contributed by atoms with van der Waals surface area (Å²) in [6.07, 6.45) is 4.47. The van der Waals surface area contributed by atoms with E-state index in [1.165, 1.54) is 5.56 Å². The number of amides is 2. The fourth-order valence-electron chi connectivity index (χ4n) is 3.76. The third-order valence-corrected chi connectivity index (χ3v) is 5.65. The van der Waals surface area contributed by atoms with Crippen LogP contribution in [0.2, 0.25) is 5.02 Å². The van der Waals surface area contributed by atoms with Crippen LogP contribution < -0.4 is 5.32 Å². The number of urea groups is 1. The molecule has 0 saturated carbocycles. The number of carbonyl (C=O) groups excluding carboxylic acids is 1. The summed E-state index contributed by atoms with van der Waals surface area (Å²) in [7, 11) is 2.15. The van der Waals surface area contributed by atoms with E-state index >= 15 is 0 Å². The normalized spacial score (nSPS) is 21.9. The van der Waals surface area contributed by atoms with E-state index < -0.39 is 0 Å². The van der Waals surface area contributed by atoms with E-state index in [9.17, 15) is 4.79 Å². The molecular formula is C20H30ClN3O2. The van der Waals surface area contributed by atoms with Crippen LogP contribution in [0.4, 0.5) is 4.79 Å². The maximum Gasteiger partial charge on any atom is 0.317 e. The molecule has 1 N–H and O–H groups in total. The summed E-state index contributed by atoms with van der Waals surface area (Å²) in [4.78, 5) is 16.6. The summed E-state index contributed by atoms with van der Waals surface area (Å²) >= 11 is 6.08. The van der Waals surface area contributed by atoms with Gasteiger partial charge in [-0.05, 0) is 50.4 Å². The Hall–Kier alpha value is -1.30. The number of carbonyl (C=O) groups is 1. The zero-order chi connectivity index (χ0) is 18.4. The molecule has 0 unspecified atom stereocenters. The summed E-state index contributed by atoms with van der Waals surface area (Å²) < 4.78 is 5.92. The van der Waals surface area contributed by atoms with E-state index in [4.69, 9.17) is 16.3 Å². The van der Waals surface area contributed by atoms with Gasteiger partial charge in [-0.1, -0.05) is 23.7 Å². The first-order chi connectivity index (χ1) is 12.6. The van der Waals surface area contributed by atoms with Gasteiger partial charge in [-0.2, -0.15) is 0 Å². The Kier molecular flexibility index (Phi) is 7.17. The largest absolute Gasteiger partial charge is 0.378 e. The quantitative estimate of drug-likeness (QED) is 0.771. The van der Waals surface area contributed by atoms with Gasteiger partial charge < -0.3 is 19.9 Å². The van der Waals surface area contributed by atoms with Gasteiger partial charge in [-0.25, -0.2) is 4.79 Å². The van der Waals surface area contributed by atoms with Gasteiger partial charge in [0.2, 0.25) is 0 Å². The first kappa shape index (κ1) is 19.5. The van der Waals surface area contributed by atoms with Gasteiger partial charge in [0.1, 0.15) is 0 Å². The monoisotopic (exact) mass is 379 g/mol. The second-order valence-corrected chi connectivity index (χ2v) is 7.88. The van der Waals surface area contributed by atoms with Crippen LogP contribution in [0.15, 0.2) is 24.3 Å². The van der Waals surface area contributed by atoms with Crippen LogP contribution >= 0.6 is 11.6 Å². The molecule has 0 spiro atoms. The van der Waals surface area contributed by atoms with Crippen LogP contribution in [0.1, 0.15) is 37.2 Å². The topological polar surface area (TPSA) is 44.8 Å². The minimum absolute atomic E-state index is 0.0359. The standard InChI is InChI=1S/C20H30ClN3O2/c1-23-10-7-19(8-11-23)26-13-3-9-22-20(25)24-12-6-17(15-24)16-4-2-5-18(21)14-16/h2,4-5,14,17,19H,3,6-13,15H2,1H3,(H,22,25)/t17-/m1/s1. The Morgan fingerprint density at radius 3 is 2.85 bits per heavy atom. The molecule has 3 rings (SSSR count). The fraction of sp³-hybridized carbons (Fsp3) is 0.650. The van der Waals surface area contributed by atoms with Gasteiger partial charge in [0.25, 0.3) is 0 Å². The van der Waals surface area contributed by atoms with E-state index in [0.29, 0.717) is 18.6 Å². The van der Waals surface area contributed by atoms with E-state index in [0.717, 1.165) is 63.5 Å². The predicted molar refractivity (Wildman–Crippen MR) is 105 cm³/mol. The van der Waals surface area contributed by atoms with Crippen LogP contribution in [0.3, 0.4) is 0 Å². The first-order valence-corrected chi connectivity index (χ1v) is 10.1. The van der Waals surface area contributed by atoms with E-state index in [-0.39, 0.29) is 6.03 Å². The molecule has 0 aliphatic carbocycles. The van der Waals surface area contributed by atoms with Crippen molar-refractivity contribution in [2.75, 3.05) is 46.4 Å². The van der Waals surface area contributed by atoms with Crippen molar-refractivity contribution in [2.45, 2.75) is 37.7 Å². The van der Waals surface area contributed by atoms with Gasteiger partial charge in [-0.3, -0.25) is 0 Å². The van der Waals surface area contributed by atoms with E-state index in [1.54, 1.807) is 0 Å².